The molecule has 0 spiro atoms. The fourth-order valence-corrected chi connectivity index (χ4v) is 4.32. The summed E-state index contributed by atoms with van der Waals surface area (Å²) in [6, 6.07) is 9.18. The third-order valence-corrected chi connectivity index (χ3v) is 6.10. The van der Waals surface area contributed by atoms with Crippen LogP contribution in [0.4, 0.5) is 13.2 Å². The number of hydrogen-bond donors (Lipinski definition) is 4. The number of alkyl halides is 3. The molecule has 194 valence electrons. The fourth-order valence-electron chi connectivity index (χ4n) is 4.32. The number of carboxylic acids is 1. The van der Waals surface area contributed by atoms with Crippen LogP contribution in [-0.4, -0.2) is 46.6 Å². The van der Waals surface area contributed by atoms with Gasteiger partial charge in [-0.05, 0) is 35.6 Å². The fraction of sp³-hybridized carbons (Fsp3) is 0.280. The van der Waals surface area contributed by atoms with Gasteiger partial charge in [0.2, 0.25) is 5.91 Å². The quantitative estimate of drug-likeness (QED) is 0.352. The van der Waals surface area contributed by atoms with E-state index in [9.17, 15) is 32.3 Å². The van der Waals surface area contributed by atoms with Crippen molar-refractivity contribution in [2.24, 2.45) is 5.73 Å². The number of aliphatic carboxylic acids is 1. The summed E-state index contributed by atoms with van der Waals surface area (Å²) in [7, 11) is 0. The minimum atomic E-state index is -4.60. The van der Waals surface area contributed by atoms with E-state index in [2.05, 4.69) is 10.3 Å². The van der Waals surface area contributed by atoms with Gasteiger partial charge >= 0.3 is 18.1 Å². The zero-order chi connectivity index (χ0) is 26.9. The zero-order valence-corrected chi connectivity index (χ0v) is 19.2. The molecule has 0 radical (unpaired) electrons. The molecule has 2 aromatic carbocycles. The van der Waals surface area contributed by atoms with Crippen molar-refractivity contribution in [3.05, 3.63) is 70.0 Å². The molecular formula is C25H22F3N3O6. The van der Waals surface area contributed by atoms with Crippen LogP contribution in [0.2, 0.25) is 0 Å². The number of esters is 1. The molecule has 5 N–H and O–H groups in total. The van der Waals surface area contributed by atoms with E-state index >= 15 is 0 Å². The van der Waals surface area contributed by atoms with E-state index in [1.54, 1.807) is 12.1 Å². The maximum Gasteiger partial charge on any atom is 0.417 e. The number of benzene rings is 2. The van der Waals surface area contributed by atoms with Crippen molar-refractivity contribution in [1.82, 2.24) is 10.3 Å². The predicted octanol–water partition coefficient (Wildman–Crippen LogP) is 2.53. The number of carbonyl (C=O) groups is 3. The topological polar surface area (TPSA) is 152 Å². The lowest BCUT2D eigenvalue weighted by molar-refractivity contribution is -0.150. The van der Waals surface area contributed by atoms with Crippen LogP contribution in [0, 0.1) is 0 Å². The number of hydrogen-bond acceptors (Lipinski definition) is 6. The van der Waals surface area contributed by atoms with Gasteiger partial charge in [0.25, 0.3) is 5.56 Å². The summed E-state index contributed by atoms with van der Waals surface area (Å²) in [4.78, 5) is 50.4. The molecule has 3 atom stereocenters. The summed E-state index contributed by atoms with van der Waals surface area (Å²) < 4.78 is 45.4. The number of aromatic amines is 1. The van der Waals surface area contributed by atoms with Gasteiger partial charge in [-0.3, -0.25) is 19.2 Å². The van der Waals surface area contributed by atoms with Gasteiger partial charge in [-0.2, -0.15) is 13.2 Å². The van der Waals surface area contributed by atoms with Crippen molar-refractivity contribution in [3.63, 3.8) is 0 Å². The molecule has 1 saturated heterocycles. The van der Waals surface area contributed by atoms with E-state index in [0.29, 0.717) is 10.9 Å². The average Bonchev–Trinajstić information content (AvgIpc) is 3.21. The summed E-state index contributed by atoms with van der Waals surface area (Å²) in [5, 5.41) is 12.0. The first-order valence-corrected chi connectivity index (χ1v) is 11.2. The first kappa shape index (κ1) is 25.9. The maximum atomic E-state index is 13.4. The van der Waals surface area contributed by atoms with Gasteiger partial charge in [0.15, 0.2) is 0 Å². The second-order valence-corrected chi connectivity index (χ2v) is 8.73. The molecule has 1 aromatic heterocycles. The molecular weight excluding hydrogens is 495 g/mol. The van der Waals surface area contributed by atoms with Crippen LogP contribution in [-0.2, 0) is 25.3 Å². The number of ether oxygens (including phenoxy) is 1. The Bertz CT molecular complexity index is 1440. The standard InChI is InChI=1S/C25H22F3N3O6/c26-25(27,28)18-4-2-1-3-15(18)20-8-13-6-5-12(7-16(13)23(35)31-20)17-9-14(30-22(17)34)11-37-24(36)19(29)10-21(32)33/h1-8,14,17,19H,9-11,29H2,(H,30,34)(H,31,35)(H,32,33)/t14?,17-,19+/m1/s1. The lowest BCUT2D eigenvalue weighted by Crippen LogP contribution is -2.38. The summed E-state index contributed by atoms with van der Waals surface area (Å²) in [5.74, 6) is -3.17. The highest BCUT2D eigenvalue weighted by Crippen LogP contribution is 2.37. The number of carbonyl (C=O) groups excluding carboxylic acids is 2. The van der Waals surface area contributed by atoms with E-state index in [0.717, 1.165) is 6.07 Å². The highest BCUT2D eigenvalue weighted by molar-refractivity contribution is 5.90. The Kier molecular flexibility index (Phi) is 7.03. The molecule has 9 nitrogen and oxygen atoms in total. The highest BCUT2D eigenvalue weighted by Gasteiger charge is 2.35. The van der Waals surface area contributed by atoms with Gasteiger partial charge in [-0.15, -0.1) is 0 Å². The van der Waals surface area contributed by atoms with E-state index in [-0.39, 0.29) is 35.6 Å². The van der Waals surface area contributed by atoms with Crippen LogP contribution < -0.4 is 16.6 Å². The number of nitrogens with one attached hydrogen (secondary N) is 2. The van der Waals surface area contributed by atoms with E-state index in [1.165, 1.54) is 30.3 Å². The third-order valence-electron chi connectivity index (χ3n) is 6.10. The Morgan fingerprint density at radius 3 is 2.57 bits per heavy atom. The first-order chi connectivity index (χ1) is 17.4. The van der Waals surface area contributed by atoms with Gasteiger partial charge in [0.1, 0.15) is 12.6 Å². The molecule has 0 bridgehead atoms. The molecule has 1 amide bonds. The number of fused-ring (bicyclic) bond motifs is 1. The molecule has 1 aliphatic heterocycles. The smallest absolute Gasteiger partial charge is 0.417 e. The van der Waals surface area contributed by atoms with E-state index < -0.39 is 53.7 Å². The van der Waals surface area contributed by atoms with Gasteiger partial charge in [-0.25, -0.2) is 0 Å². The minimum absolute atomic E-state index is 0.0137. The number of aromatic nitrogens is 1. The molecule has 1 fully saturated rings. The maximum absolute atomic E-state index is 13.4. The molecule has 1 aliphatic rings. The first-order valence-electron chi connectivity index (χ1n) is 11.2. The van der Waals surface area contributed by atoms with Crippen molar-refractivity contribution in [2.75, 3.05) is 6.61 Å². The highest BCUT2D eigenvalue weighted by atomic mass is 19.4. The Morgan fingerprint density at radius 2 is 1.86 bits per heavy atom. The lowest BCUT2D eigenvalue weighted by atomic mass is 9.93. The number of amides is 1. The minimum Gasteiger partial charge on any atom is -0.481 e. The normalized spacial score (nSPS) is 18.4. The van der Waals surface area contributed by atoms with Crippen LogP contribution in [0.3, 0.4) is 0 Å². The monoisotopic (exact) mass is 517 g/mol. The van der Waals surface area contributed by atoms with Crippen LogP contribution in [0.15, 0.2) is 53.3 Å². The van der Waals surface area contributed by atoms with E-state index in [1.807, 2.05) is 0 Å². The van der Waals surface area contributed by atoms with Crippen molar-refractivity contribution >= 4 is 28.6 Å². The summed E-state index contributed by atoms with van der Waals surface area (Å²) in [6.45, 7) is -0.204. The summed E-state index contributed by atoms with van der Waals surface area (Å²) >= 11 is 0. The summed E-state index contributed by atoms with van der Waals surface area (Å²) in [5.41, 5.74) is 4.34. The second kappa shape index (κ2) is 10.1. The number of H-pyrrole nitrogens is 1. The molecule has 0 aliphatic carbocycles. The van der Waals surface area contributed by atoms with Crippen LogP contribution in [0.25, 0.3) is 22.0 Å². The second-order valence-electron chi connectivity index (χ2n) is 8.73. The third kappa shape index (κ3) is 5.64. The molecule has 0 saturated carbocycles. The molecule has 4 rings (SSSR count). The van der Waals surface area contributed by atoms with E-state index in [4.69, 9.17) is 15.6 Å². The van der Waals surface area contributed by atoms with Crippen LogP contribution in [0.1, 0.15) is 29.9 Å². The van der Waals surface area contributed by atoms with Gasteiger partial charge in [0, 0.05) is 16.6 Å². The molecule has 12 heteroatoms. The number of carboxylic acid groups (broad SMARTS) is 1. The average molecular weight is 517 g/mol. The zero-order valence-electron chi connectivity index (χ0n) is 19.2. The van der Waals surface area contributed by atoms with Crippen LogP contribution in [0.5, 0.6) is 0 Å². The van der Waals surface area contributed by atoms with Gasteiger partial charge in [-0.1, -0.05) is 30.3 Å². The van der Waals surface area contributed by atoms with Crippen molar-refractivity contribution in [1.29, 1.82) is 0 Å². The largest absolute Gasteiger partial charge is 0.481 e. The molecule has 1 unspecified atom stereocenters. The van der Waals surface area contributed by atoms with Gasteiger partial charge in [0.05, 0.1) is 23.9 Å². The molecule has 37 heavy (non-hydrogen) atoms. The number of rotatable bonds is 7. The molecule has 3 aromatic rings. The SMILES string of the molecule is N[C@@H](CC(=O)O)C(=O)OCC1C[C@H](c2ccc3cc(-c4ccccc4C(F)(F)F)[nH]c(=O)c3c2)C(=O)N1. The Morgan fingerprint density at radius 1 is 1.14 bits per heavy atom. The molecule has 2 heterocycles. The number of halogens is 3. The van der Waals surface area contributed by atoms with Gasteiger partial charge < -0.3 is 25.9 Å². The van der Waals surface area contributed by atoms with Crippen molar-refractivity contribution < 1.29 is 37.4 Å². The van der Waals surface area contributed by atoms with Crippen molar-refractivity contribution in [2.45, 2.75) is 37.0 Å². The Balaban J connectivity index is 1.54. The van der Waals surface area contributed by atoms with Crippen molar-refractivity contribution in [3.8, 4) is 11.3 Å². The number of pyridine rings is 1. The Labute approximate surface area is 207 Å². The lowest BCUT2D eigenvalue weighted by Gasteiger charge is -2.14. The predicted molar refractivity (Wildman–Crippen MR) is 125 cm³/mol. The summed E-state index contributed by atoms with van der Waals surface area (Å²) in [6.07, 6.45) is -4.96. The Hall–Kier alpha value is -4.19. The number of nitrogens with two attached hydrogens (primary N) is 1. The van der Waals surface area contributed by atoms with Crippen LogP contribution >= 0.6 is 0 Å².